The summed E-state index contributed by atoms with van der Waals surface area (Å²) in [7, 11) is 0. The number of hydrogen-bond donors (Lipinski definition) is 1. The molecule has 9 heteroatoms. The molecule has 0 saturated heterocycles. The molecule has 0 aliphatic rings. The molecule has 0 atom stereocenters. The molecule has 14 heavy (non-hydrogen) atoms. The van der Waals surface area contributed by atoms with Gasteiger partial charge in [-0.25, -0.2) is 0 Å². The maximum Gasteiger partial charge on any atom is 0.456 e. The number of carbonyl (C=O) groups is 1. The predicted octanol–water partition coefficient (Wildman–Crippen LogP) is 1.06. The van der Waals surface area contributed by atoms with Crippen molar-refractivity contribution in [1.29, 1.82) is 0 Å². The summed E-state index contributed by atoms with van der Waals surface area (Å²) in [5.41, 5.74) is -1.02. The zero-order valence-electron chi connectivity index (χ0n) is 6.33. The number of nitro groups is 1. The lowest BCUT2D eigenvalue weighted by atomic mass is 10.3. The lowest BCUT2D eigenvalue weighted by molar-refractivity contribution is -0.389. The quantitative estimate of drug-likeness (QED) is 0.448. The van der Waals surface area contributed by atoms with E-state index < -0.39 is 28.4 Å². The van der Waals surface area contributed by atoms with E-state index >= 15 is 0 Å². The number of nitrogens with one attached hydrogen (secondary N) is 1. The van der Waals surface area contributed by atoms with Gasteiger partial charge in [-0.05, 0) is 4.92 Å². The van der Waals surface area contributed by atoms with Gasteiger partial charge in [0.2, 0.25) is 0 Å². The normalized spacial score (nSPS) is 11.4. The van der Waals surface area contributed by atoms with Crippen molar-refractivity contribution >= 4 is 11.6 Å². The van der Waals surface area contributed by atoms with E-state index in [1.54, 1.807) is 5.10 Å². The summed E-state index contributed by atoms with van der Waals surface area (Å²) in [6.07, 6.45) is -5.08. The standard InChI is InChI=1S/C5H2F3N3O3/c6-5(7,8)4(12)2-1-3(10-9-2)11(13)14/h1H,(H,9,10). The van der Waals surface area contributed by atoms with E-state index in [0.717, 1.165) is 0 Å². The van der Waals surface area contributed by atoms with E-state index in [1.807, 2.05) is 0 Å². The number of rotatable bonds is 2. The Morgan fingerprint density at radius 1 is 1.57 bits per heavy atom. The van der Waals surface area contributed by atoms with Crippen LogP contribution in [0.25, 0.3) is 0 Å². The van der Waals surface area contributed by atoms with Crippen LogP contribution in [0.15, 0.2) is 6.07 Å². The zero-order valence-corrected chi connectivity index (χ0v) is 6.33. The molecular formula is C5H2F3N3O3. The van der Waals surface area contributed by atoms with Gasteiger partial charge in [-0.3, -0.25) is 4.79 Å². The number of halogens is 3. The van der Waals surface area contributed by atoms with Crippen molar-refractivity contribution in [2.24, 2.45) is 0 Å². The summed E-state index contributed by atoms with van der Waals surface area (Å²) in [6, 6.07) is 0.426. The van der Waals surface area contributed by atoms with Crippen molar-refractivity contribution in [3.63, 3.8) is 0 Å². The van der Waals surface area contributed by atoms with Gasteiger partial charge in [-0.15, -0.1) is 5.10 Å². The van der Waals surface area contributed by atoms with Crippen LogP contribution in [0.1, 0.15) is 10.5 Å². The molecule has 1 aromatic rings. The number of carbonyl (C=O) groups excluding carboxylic acids is 1. The summed E-state index contributed by atoms with van der Waals surface area (Å²) in [4.78, 5) is 19.5. The Bertz CT molecular complexity index is 383. The van der Waals surface area contributed by atoms with Crippen LogP contribution in [0, 0.1) is 10.1 Å². The second-order valence-electron chi connectivity index (χ2n) is 2.22. The molecule has 1 heterocycles. The fraction of sp³-hybridized carbons (Fsp3) is 0.200. The Labute approximate surface area is 73.9 Å². The molecule has 1 N–H and O–H groups in total. The summed E-state index contributed by atoms with van der Waals surface area (Å²) in [5.74, 6) is -2.99. The van der Waals surface area contributed by atoms with Gasteiger partial charge in [0.1, 0.15) is 0 Å². The van der Waals surface area contributed by atoms with Crippen LogP contribution in [0.3, 0.4) is 0 Å². The first-order chi connectivity index (χ1) is 6.32. The molecular weight excluding hydrogens is 207 g/mol. The van der Waals surface area contributed by atoms with Gasteiger partial charge in [0.05, 0.1) is 6.07 Å². The lowest BCUT2D eigenvalue weighted by Gasteiger charge is -1.99. The number of ketones is 1. The SMILES string of the molecule is O=C(c1cc([N+](=O)[O-])[nH]n1)C(F)(F)F. The average molecular weight is 209 g/mol. The number of nitrogens with zero attached hydrogens (tertiary/aromatic N) is 2. The van der Waals surface area contributed by atoms with Crippen LogP contribution in [0.2, 0.25) is 0 Å². The van der Waals surface area contributed by atoms with Crippen LogP contribution in [-0.4, -0.2) is 27.1 Å². The lowest BCUT2D eigenvalue weighted by Crippen LogP contribution is -2.22. The van der Waals surface area contributed by atoms with Gasteiger partial charge >= 0.3 is 12.0 Å². The number of Topliss-reactive ketones (excluding diaryl/α,β-unsaturated/α-hetero) is 1. The third-order valence-electron chi connectivity index (χ3n) is 1.25. The monoisotopic (exact) mass is 209 g/mol. The summed E-state index contributed by atoms with van der Waals surface area (Å²) < 4.78 is 35.3. The van der Waals surface area contributed by atoms with Crippen LogP contribution in [0.5, 0.6) is 0 Å². The number of H-pyrrole nitrogens is 1. The van der Waals surface area contributed by atoms with E-state index in [0.29, 0.717) is 6.07 Å². The number of hydrogen-bond acceptors (Lipinski definition) is 4. The first-order valence-corrected chi connectivity index (χ1v) is 3.13. The fourth-order valence-electron chi connectivity index (χ4n) is 0.667. The second kappa shape index (κ2) is 3.09. The minimum absolute atomic E-state index is 0.426. The van der Waals surface area contributed by atoms with E-state index in [4.69, 9.17) is 0 Å². The number of aromatic nitrogens is 2. The Hall–Kier alpha value is -1.93. The van der Waals surface area contributed by atoms with Crippen molar-refractivity contribution in [2.75, 3.05) is 0 Å². The Kier molecular flexibility index (Phi) is 2.24. The average Bonchev–Trinajstić information content (AvgIpc) is 2.48. The van der Waals surface area contributed by atoms with Gasteiger partial charge in [0.25, 0.3) is 5.78 Å². The Balaban J connectivity index is 2.99. The molecule has 0 bridgehead atoms. The smallest absolute Gasteiger partial charge is 0.358 e. The Morgan fingerprint density at radius 2 is 2.14 bits per heavy atom. The third kappa shape index (κ3) is 1.87. The van der Waals surface area contributed by atoms with E-state index in [9.17, 15) is 28.1 Å². The highest BCUT2D eigenvalue weighted by molar-refractivity contribution is 5.98. The van der Waals surface area contributed by atoms with E-state index in [2.05, 4.69) is 5.10 Å². The summed E-state index contributed by atoms with van der Waals surface area (Å²) in [6.45, 7) is 0. The highest BCUT2D eigenvalue weighted by Crippen LogP contribution is 2.21. The van der Waals surface area contributed by atoms with Crippen molar-refractivity contribution in [1.82, 2.24) is 10.2 Å². The molecule has 1 aromatic heterocycles. The minimum Gasteiger partial charge on any atom is -0.358 e. The molecule has 0 spiro atoms. The summed E-state index contributed by atoms with van der Waals surface area (Å²) >= 11 is 0. The molecule has 0 aliphatic carbocycles. The van der Waals surface area contributed by atoms with Crippen molar-refractivity contribution in [2.45, 2.75) is 6.18 Å². The molecule has 0 amide bonds. The van der Waals surface area contributed by atoms with E-state index in [1.165, 1.54) is 0 Å². The van der Waals surface area contributed by atoms with Gasteiger partial charge in [0, 0.05) is 0 Å². The minimum atomic E-state index is -5.08. The maximum atomic E-state index is 11.8. The molecule has 0 unspecified atom stereocenters. The van der Waals surface area contributed by atoms with Crippen LogP contribution in [-0.2, 0) is 0 Å². The Morgan fingerprint density at radius 3 is 2.50 bits per heavy atom. The molecule has 0 saturated carbocycles. The van der Waals surface area contributed by atoms with Crippen molar-refractivity contribution < 1.29 is 22.9 Å². The first-order valence-electron chi connectivity index (χ1n) is 3.13. The molecule has 76 valence electrons. The second-order valence-corrected chi connectivity index (χ2v) is 2.22. The van der Waals surface area contributed by atoms with Crippen LogP contribution < -0.4 is 0 Å². The maximum absolute atomic E-state index is 11.8. The highest BCUT2D eigenvalue weighted by Gasteiger charge is 2.41. The zero-order chi connectivity index (χ0) is 10.9. The molecule has 0 aliphatic heterocycles. The number of aromatic amines is 1. The molecule has 0 fully saturated rings. The first kappa shape index (κ1) is 10.2. The molecule has 0 radical (unpaired) electrons. The largest absolute Gasteiger partial charge is 0.456 e. The molecule has 1 rings (SSSR count). The van der Waals surface area contributed by atoms with Crippen molar-refractivity contribution in [3.05, 3.63) is 21.9 Å². The van der Waals surface area contributed by atoms with Crippen molar-refractivity contribution in [3.8, 4) is 0 Å². The fourth-order valence-corrected chi connectivity index (χ4v) is 0.667. The van der Waals surface area contributed by atoms with Gasteiger partial charge in [-0.1, -0.05) is 5.10 Å². The summed E-state index contributed by atoms with van der Waals surface area (Å²) in [5, 5.41) is 14.6. The van der Waals surface area contributed by atoms with Crippen LogP contribution >= 0.6 is 0 Å². The number of alkyl halides is 3. The van der Waals surface area contributed by atoms with Crippen LogP contribution in [0.4, 0.5) is 19.0 Å². The highest BCUT2D eigenvalue weighted by atomic mass is 19.4. The van der Waals surface area contributed by atoms with Gasteiger partial charge in [-0.2, -0.15) is 13.2 Å². The van der Waals surface area contributed by atoms with E-state index in [-0.39, 0.29) is 0 Å². The van der Waals surface area contributed by atoms with Gasteiger partial charge in [0.15, 0.2) is 5.69 Å². The van der Waals surface area contributed by atoms with Gasteiger partial charge < -0.3 is 10.1 Å². The predicted molar refractivity (Wildman–Crippen MR) is 35.6 cm³/mol. The third-order valence-corrected chi connectivity index (χ3v) is 1.25. The molecule has 0 aromatic carbocycles. The molecule has 6 nitrogen and oxygen atoms in total. The topological polar surface area (TPSA) is 88.9 Å².